The Balaban J connectivity index is 2.37. The summed E-state index contributed by atoms with van der Waals surface area (Å²) in [6, 6.07) is 4.85. The molecule has 106 valence electrons. The van der Waals surface area contributed by atoms with Crippen LogP contribution in [0.25, 0.3) is 0 Å². The lowest BCUT2D eigenvalue weighted by molar-refractivity contribution is -0.139. The van der Waals surface area contributed by atoms with E-state index >= 15 is 0 Å². The number of hydrogen-bond acceptors (Lipinski definition) is 3. The molecule has 0 saturated heterocycles. The monoisotopic (exact) mass is 321 g/mol. The van der Waals surface area contributed by atoms with Crippen molar-refractivity contribution in [1.29, 1.82) is 0 Å². The number of carboxylic acids is 1. The first-order valence-corrected chi connectivity index (χ1v) is 7.82. The molecule has 0 aliphatic rings. The molecule has 0 spiro atoms. The van der Waals surface area contributed by atoms with Gasteiger partial charge in [0.25, 0.3) is 0 Å². The van der Waals surface area contributed by atoms with E-state index in [1.54, 1.807) is 23.9 Å². The molecule has 1 unspecified atom stereocenters. The molecule has 1 atom stereocenters. The van der Waals surface area contributed by atoms with E-state index in [2.05, 4.69) is 5.32 Å². The number of rotatable bonds is 8. The third kappa shape index (κ3) is 6.04. The molecule has 0 radical (unpaired) electrons. The predicted molar refractivity (Wildman–Crippen MR) is 81.5 cm³/mol. The van der Waals surface area contributed by atoms with Crippen LogP contribution in [-0.4, -0.2) is 29.4 Å². The molecule has 6 heteroatoms. The van der Waals surface area contributed by atoms with Gasteiger partial charge in [-0.25, -0.2) is 0 Å². The molecule has 19 heavy (non-hydrogen) atoms. The highest BCUT2D eigenvalue weighted by molar-refractivity contribution is 7.99. The number of carboxylic acid groups (broad SMARTS) is 1. The van der Waals surface area contributed by atoms with E-state index in [0.29, 0.717) is 23.0 Å². The van der Waals surface area contributed by atoms with Crippen LogP contribution in [0.4, 0.5) is 0 Å². The van der Waals surface area contributed by atoms with Gasteiger partial charge in [0, 0.05) is 22.2 Å². The lowest BCUT2D eigenvalue weighted by Gasteiger charge is -2.13. The second-order valence-corrected chi connectivity index (χ2v) is 6.04. The molecule has 0 saturated carbocycles. The Morgan fingerprint density at radius 2 is 2.21 bits per heavy atom. The Labute approximate surface area is 127 Å². The summed E-state index contributed by atoms with van der Waals surface area (Å²) < 4.78 is 0. The van der Waals surface area contributed by atoms with Crippen molar-refractivity contribution in [3.63, 3.8) is 0 Å². The van der Waals surface area contributed by atoms with Crippen molar-refractivity contribution >= 4 is 40.9 Å². The van der Waals surface area contributed by atoms with E-state index in [4.69, 9.17) is 28.3 Å². The second kappa shape index (κ2) is 8.69. The van der Waals surface area contributed by atoms with Crippen LogP contribution >= 0.6 is 35.0 Å². The third-order valence-electron chi connectivity index (χ3n) is 2.52. The minimum absolute atomic E-state index is 0.472. The van der Waals surface area contributed by atoms with Gasteiger partial charge < -0.3 is 10.4 Å². The zero-order valence-electron chi connectivity index (χ0n) is 10.7. The van der Waals surface area contributed by atoms with Crippen molar-refractivity contribution < 1.29 is 9.90 Å². The zero-order valence-corrected chi connectivity index (χ0v) is 13.0. The van der Waals surface area contributed by atoms with E-state index in [9.17, 15) is 4.79 Å². The van der Waals surface area contributed by atoms with Crippen molar-refractivity contribution in [3.8, 4) is 0 Å². The van der Waals surface area contributed by atoms with Crippen molar-refractivity contribution in [3.05, 3.63) is 28.2 Å². The van der Waals surface area contributed by atoms with Crippen molar-refractivity contribution in [2.45, 2.75) is 30.7 Å². The largest absolute Gasteiger partial charge is 0.480 e. The maximum Gasteiger partial charge on any atom is 0.320 e. The number of benzene rings is 1. The topological polar surface area (TPSA) is 49.3 Å². The first-order chi connectivity index (χ1) is 9.04. The van der Waals surface area contributed by atoms with Crippen LogP contribution in [0.2, 0.25) is 10.0 Å². The highest BCUT2D eigenvalue weighted by Crippen LogP contribution is 2.29. The number of halogens is 2. The van der Waals surface area contributed by atoms with Crippen LogP contribution in [0.15, 0.2) is 23.1 Å². The summed E-state index contributed by atoms with van der Waals surface area (Å²) in [6.45, 7) is 2.59. The number of thioether (sulfide) groups is 1. The minimum atomic E-state index is -0.798. The molecule has 0 aliphatic heterocycles. The van der Waals surface area contributed by atoms with Gasteiger partial charge in [0.15, 0.2) is 0 Å². The molecular formula is C13H17Cl2NO2S. The van der Waals surface area contributed by atoms with Gasteiger partial charge in [-0.2, -0.15) is 0 Å². The number of carbonyl (C=O) groups is 1. The standard InChI is InChI=1S/C13H17Cl2NO2S/c1-2-3-11(13(17)18)16-6-7-19-12-8-9(14)4-5-10(12)15/h4-5,8,11,16H,2-3,6-7H2,1H3,(H,17,18). The van der Waals surface area contributed by atoms with E-state index < -0.39 is 12.0 Å². The third-order valence-corrected chi connectivity index (χ3v) is 4.25. The molecule has 1 aromatic rings. The molecule has 0 bridgehead atoms. The Morgan fingerprint density at radius 1 is 1.47 bits per heavy atom. The zero-order chi connectivity index (χ0) is 14.3. The average molecular weight is 322 g/mol. The summed E-state index contributed by atoms with van der Waals surface area (Å²) >= 11 is 13.5. The lowest BCUT2D eigenvalue weighted by Crippen LogP contribution is -2.37. The van der Waals surface area contributed by atoms with Crippen molar-refractivity contribution in [1.82, 2.24) is 5.32 Å². The molecule has 3 nitrogen and oxygen atoms in total. The van der Waals surface area contributed by atoms with E-state index in [1.807, 2.05) is 13.0 Å². The Kier molecular flexibility index (Phi) is 7.61. The SMILES string of the molecule is CCCC(NCCSc1cc(Cl)ccc1Cl)C(=O)O. The first kappa shape index (κ1) is 16.6. The molecule has 1 rings (SSSR count). The number of nitrogens with one attached hydrogen (secondary N) is 1. The molecule has 0 amide bonds. The van der Waals surface area contributed by atoms with E-state index in [0.717, 1.165) is 17.1 Å². The van der Waals surface area contributed by atoms with Gasteiger partial charge in [0.2, 0.25) is 0 Å². The van der Waals surface area contributed by atoms with Crippen LogP contribution in [0, 0.1) is 0 Å². The van der Waals surface area contributed by atoms with Crippen molar-refractivity contribution in [2.24, 2.45) is 0 Å². The molecule has 0 aromatic heterocycles. The summed E-state index contributed by atoms with van der Waals surface area (Å²) in [5.41, 5.74) is 0. The van der Waals surface area contributed by atoms with Crippen molar-refractivity contribution in [2.75, 3.05) is 12.3 Å². The van der Waals surface area contributed by atoms with Gasteiger partial charge in [-0.15, -0.1) is 11.8 Å². The molecule has 0 aliphatic carbocycles. The summed E-state index contributed by atoms with van der Waals surface area (Å²) in [4.78, 5) is 11.9. The fraction of sp³-hybridized carbons (Fsp3) is 0.462. The van der Waals surface area contributed by atoms with Gasteiger partial charge >= 0.3 is 5.97 Å². The molecule has 0 heterocycles. The predicted octanol–water partition coefficient (Wildman–Crippen LogP) is 3.93. The van der Waals surface area contributed by atoms with Crippen LogP contribution in [-0.2, 0) is 4.79 Å². The lowest BCUT2D eigenvalue weighted by atomic mass is 10.2. The highest BCUT2D eigenvalue weighted by atomic mass is 35.5. The number of aliphatic carboxylic acids is 1. The molecule has 1 aromatic carbocycles. The summed E-state index contributed by atoms with van der Waals surface area (Å²) in [5.74, 6) is -0.0549. The Bertz CT molecular complexity index is 429. The maximum atomic E-state index is 10.9. The van der Waals surface area contributed by atoms with Gasteiger partial charge in [-0.3, -0.25) is 4.79 Å². The van der Waals surface area contributed by atoms with Gasteiger partial charge in [-0.1, -0.05) is 36.5 Å². The van der Waals surface area contributed by atoms with Gasteiger partial charge in [-0.05, 0) is 24.6 Å². The van der Waals surface area contributed by atoms with E-state index in [-0.39, 0.29) is 0 Å². The maximum absolute atomic E-state index is 10.9. The average Bonchev–Trinajstić information content (AvgIpc) is 2.36. The van der Waals surface area contributed by atoms with E-state index in [1.165, 1.54) is 0 Å². The fourth-order valence-corrected chi connectivity index (χ4v) is 2.96. The molecule has 0 fully saturated rings. The van der Waals surface area contributed by atoms with Gasteiger partial charge in [0.05, 0.1) is 5.02 Å². The van der Waals surface area contributed by atoms with Crippen LogP contribution < -0.4 is 5.32 Å². The van der Waals surface area contributed by atoms with Crippen LogP contribution in [0.1, 0.15) is 19.8 Å². The minimum Gasteiger partial charge on any atom is -0.480 e. The second-order valence-electron chi connectivity index (χ2n) is 4.06. The van der Waals surface area contributed by atoms with Crippen LogP contribution in [0.5, 0.6) is 0 Å². The first-order valence-electron chi connectivity index (χ1n) is 6.08. The Hall–Kier alpha value is -0.420. The van der Waals surface area contributed by atoms with Crippen LogP contribution in [0.3, 0.4) is 0 Å². The summed E-state index contributed by atoms with van der Waals surface area (Å²) in [7, 11) is 0. The molecular weight excluding hydrogens is 305 g/mol. The fourth-order valence-electron chi connectivity index (χ4n) is 1.58. The summed E-state index contributed by atoms with van der Waals surface area (Å²) in [6.07, 6.45) is 1.48. The quantitative estimate of drug-likeness (QED) is 0.562. The van der Waals surface area contributed by atoms with Gasteiger partial charge in [0.1, 0.15) is 6.04 Å². The number of hydrogen-bond donors (Lipinski definition) is 2. The smallest absolute Gasteiger partial charge is 0.320 e. The summed E-state index contributed by atoms with van der Waals surface area (Å²) in [5, 5.41) is 13.3. The Morgan fingerprint density at radius 3 is 2.84 bits per heavy atom. The molecule has 2 N–H and O–H groups in total. The normalized spacial score (nSPS) is 12.4. The highest BCUT2D eigenvalue weighted by Gasteiger charge is 2.14.